The number of piperidine rings is 1. The third kappa shape index (κ3) is 5.74. The standard InChI is InChI=1S/C20H28N4OS.ClH/c1-14(2)26-13-16-6-4-8-18(15(16)3)22-20(25)19-9-11-24(23-19)17-7-5-10-21-12-17;/h4,6,8-9,11,14,17,21H,5,7,10,12-13H2,1-3H3,(H,22,25);1H. The molecule has 3 rings (SSSR count). The lowest BCUT2D eigenvalue weighted by Crippen LogP contribution is -2.32. The maximum atomic E-state index is 12.6. The first-order chi connectivity index (χ1) is 12.5. The predicted octanol–water partition coefficient (Wildman–Crippen LogP) is 4.43. The van der Waals surface area contributed by atoms with Gasteiger partial charge in [0.1, 0.15) is 0 Å². The summed E-state index contributed by atoms with van der Waals surface area (Å²) in [5.74, 6) is 0.806. The van der Waals surface area contributed by atoms with E-state index in [1.165, 1.54) is 5.56 Å². The Morgan fingerprint density at radius 2 is 2.22 bits per heavy atom. The molecule has 0 radical (unpaired) electrons. The largest absolute Gasteiger partial charge is 0.320 e. The maximum absolute atomic E-state index is 12.6. The lowest BCUT2D eigenvalue weighted by Gasteiger charge is -2.22. The molecular formula is C20H29ClN4OS. The number of amides is 1. The van der Waals surface area contributed by atoms with Crippen LogP contribution in [0.2, 0.25) is 0 Å². The number of anilines is 1. The number of nitrogens with zero attached hydrogens (tertiary/aromatic N) is 2. The molecule has 27 heavy (non-hydrogen) atoms. The van der Waals surface area contributed by atoms with Gasteiger partial charge in [0, 0.05) is 24.2 Å². The molecule has 1 aliphatic heterocycles. The number of benzene rings is 1. The van der Waals surface area contributed by atoms with E-state index in [0.29, 0.717) is 17.0 Å². The van der Waals surface area contributed by atoms with Gasteiger partial charge in [-0.2, -0.15) is 16.9 Å². The van der Waals surface area contributed by atoms with Crippen molar-refractivity contribution in [3.8, 4) is 0 Å². The van der Waals surface area contributed by atoms with E-state index in [-0.39, 0.29) is 18.3 Å². The Kier molecular flexibility index (Phi) is 8.20. The second kappa shape index (κ2) is 10.2. The van der Waals surface area contributed by atoms with Crippen LogP contribution in [0.1, 0.15) is 54.3 Å². The van der Waals surface area contributed by atoms with E-state index in [0.717, 1.165) is 42.9 Å². The zero-order valence-corrected chi connectivity index (χ0v) is 17.8. The first-order valence-electron chi connectivity index (χ1n) is 9.32. The Bertz CT molecular complexity index is 756. The highest BCUT2D eigenvalue weighted by molar-refractivity contribution is 7.99. The molecule has 5 nitrogen and oxygen atoms in total. The average molecular weight is 409 g/mol. The molecule has 2 heterocycles. The van der Waals surface area contributed by atoms with Crippen LogP contribution in [0.5, 0.6) is 0 Å². The number of aromatic nitrogens is 2. The Hall–Kier alpha value is -1.50. The molecule has 1 aromatic heterocycles. The summed E-state index contributed by atoms with van der Waals surface area (Å²) < 4.78 is 1.92. The number of nitrogens with one attached hydrogen (secondary N) is 2. The topological polar surface area (TPSA) is 59.0 Å². The summed E-state index contributed by atoms with van der Waals surface area (Å²) in [4.78, 5) is 12.6. The molecule has 0 spiro atoms. The minimum atomic E-state index is -0.149. The quantitative estimate of drug-likeness (QED) is 0.742. The molecule has 1 atom stereocenters. The zero-order valence-electron chi connectivity index (χ0n) is 16.2. The molecule has 2 N–H and O–H groups in total. The van der Waals surface area contributed by atoms with Gasteiger partial charge in [-0.3, -0.25) is 9.48 Å². The van der Waals surface area contributed by atoms with Crippen LogP contribution in [-0.4, -0.2) is 34.0 Å². The van der Waals surface area contributed by atoms with Gasteiger partial charge in [0.05, 0.1) is 6.04 Å². The number of hydrogen-bond donors (Lipinski definition) is 2. The number of carbonyl (C=O) groups is 1. The van der Waals surface area contributed by atoms with Gasteiger partial charge in [0.15, 0.2) is 5.69 Å². The number of halogens is 1. The smallest absolute Gasteiger partial charge is 0.276 e. The number of rotatable bonds is 6. The van der Waals surface area contributed by atoms with Gasteiger partial charge in [0.2, 0.25) is 0 Å². The van der Waals surface area contributed by atoms with Crippen LogP contribution in [0.25, 0.3) is 0 Å². The van der Waals surface area contributed by atoms with Gasteiger partial charge < -0.3 is 10.6 Å². The third-order valence-electron chi connectivity index (χ3n) is 4.75. The van der Waals surface area contributed by atoms with Crippen molar-refractivity contribution in [1.29, 1.82) is 0 Å². The van der Waals surface area contributed by atoms with Gasteiger partial charge in [-0.05, 0) is 54.8 Å². The van der Waals surface area contributed by atoms with Crippen LogP contribution in [0.4, 0.5) is 5.69 Å². The third-order valence-corrected chi connectivity index (χ3v) is 5.90. The Morgan fingerprint density at radius 1 is 1.41 bits per heavy atom. The SMILES string of the molecule is Cc1c(CSC(C)C)cccc1NC(=O)c1ccn(C2CCCNC2)n1.Cl. The Balaban J connectivity index is 0.00000261. The molecule has 7 heteroatoms. The Labute approximate surface area is 172 Å². The van der Waals surface area contributed by atoms with E-state index in [4.69, 9.17) is 0 Å². The van der Waals surface area contributed by atoms with Crippen molar-refractivity contribution >= 4 is 35.8 Å². The summed E-state index contributed by atoms with van der Waals surface area (Å²) >= 11 is 1.91. The maximum Gasteiger partial charge on any atom is 0.276 e. The van der Waals surface area contributed by atoms with Gasteiger partial charge in [-0.15, -0.1) is 12.4 Å². The second-order valence-electron chi connectivity index (χ2n) is 7.08. The fraction of sp³-hybridized carbons (Fsp3) is 0.500. The highest BCUT2D eigenvalue weighted by atomic mass is 35.5. The van der Waals surface area contributed by atoms with Crippen molar-refractivity contribution in [2.24, 2.45) is 0 Å². The second-order valence-corrected chi connectivity index (χ2v) is 8.65. The number of hydrogen-bond acceptors (Lipinski definition) is 4. The highest BCUT2D eigenvalue weighted by Gasteiger charge is 2.18. The number of carbonyl (C=O) groups excluding carboxylic acids is 1. The monoisotopic (exact) mass is 408 g/mol. The lowest BCUT2D eigenvalue weighted by atomic mass is 10.1. The molecule has 0 bridgehead atoms. The first-order valence-corrected chi connectivity index (χ1v) is 10.4. The molecule has 1 aliphatic rings. The van der Waals surface area contributed by atoms with Crippen LogP contribution >= 0.6 is 24.2 Å². The van der Waals surface area contributed by atoms with Crippen LogP contribution < -0.4 is 10.6 Å². The van der Waals surface area contributed by atoms with Crippen molar-refractivity contribution < 1.29 is 4.79 Å². The van der Waals surface area contributed by atoms with Gasteiger partial charge >= 0.3 is 0 Å². The van der Waals surface area contributed by atoms with E-state index in [2.05, 4.69) is 42.6 Å². The molecule has 1 fully saturated rings. The molecule has 1 saturated heterocycles. The van der Waals surface area contributed by atoms with E-state index in [1.54, 1.807) is 6.07 Å². The van der Waals surface area contributed by atoms with Crippen LogP contribution in [0, 0.1) is 6.92 Å². The summed E-state index contributed by atoms with van der Waals surface area (Å²) in [5, 5.41) is 11.5. The average Bonchev–Trinajstić information content (AvgIpc) is 3.13. The molecule has 0 aliphatic carbocycles. The molecule has 1 amide bonds. The minimum absolute atomic E-state index is 0. The number of thioether (sulfide) groups is 1. The fourth-order valence-corrected chi connectivity index (χ4v) is 3.97. The van der Waals surface area contributed by atoms with Crippen molar-refractivity contribution in [2.75, 3.05) is 18.4 Å². The molecule has 0 saturated carbocycles. The normalized spacial score (nSPS) is 16.8. The highest BCUT2D eigenvalue weighted by Crippen LogP contribution is 2.25. The van der Waals surface area contributed by atoms with E-state index < -0.39 is 0 Å². The van der Waals surface area contributed by atoms with Gasteiger partial charge in [-0.1, -0.05) is 26.0 Å². The summed E-state index contributed by atoms with van der Waals surface area (Å²) in [6.07, 6.45) is 4.16. The van der Waals surface area contributed by atoms with Crippen molar-refractivity contribution in [1.82, 2.24) is 15.1 Å². The molecule has 1 aromatic carbocycles. The Morgan fingerprint density at radius 3 is 2.93 bits per heavy atom. The lowest BCUT2D eigenvalue weighted by molar-refractivity contribution is 0.102. The first kappa shape index (κ1) is 21.8. The predicted molar refractivity (Wildman–Crippen MR) is 116 cm³/mol. The zero-order chi connectivity index (χ0) is 18.5. The summed E-state index contributed by atoms with van der Waals surface area (Å²) in [7, 11) is 0. The summed E-state index contributed by atoms with van der Waals surface area (Å²) in [6, 6.07) is 8.23. The van der Waals surface area contributed by atoms with Crippen LogP contribution in [-0.2, 0) is 5.75 Å². The van der Waals surface area contributed by atoms with E-state index in [9.17, 15) is 4.79 Å². The summed E-state index contributed by atoms with van der Waals surface area (Å²) in [6.45, 7) is 8.44. The van der Waals surface area contributed by atoms with Crippen molar-refractivity contribution in [2.45, 2.75) is 50.7 Å². The molecule has 2 aromatic rings. The van der Waals surface area contributed by atoms with Crippen molar-refractivity contribution in [3.05, 3.63) is 47.3 Å². The fourth-order valence-electron chi connectivity index (χ4n) is 3.14. The van der Waals surface area contributed by atoms with E-state index in [1.807, 2.05) is 34.8 Å². The molecule has 1 unspecified atom stereocenters. The van der Waals surface area contributed by atoms with Crippen LogP contribution in [0.15, 0.2) is 30.5 Å². The van der Waals surface area contributed by atoms with E-state index >= 15 is 0 Å². The molecular weight excluding hydrogens is 380 g/mol. The van der Waals surface area contributed by atoms with Crippen LogP contribution in [0.3, 0.4) is 0 Å². The summed E-state index contributed by atoms with van der Waals surface area (Å²) in [5.41, 5.74) is 3.73. The van der Waals surface area contributed by atoms with Gasteiger partial charge in [-0.25, -0.2) is 0 Å². The molecule has 148 valence electrons. The van der Waals surface area contributed by atoms with Crippen molar-refractivity contribution in [3.63, 3.8) is 0 Å². The minimum Gasteiger partial charge on any atom is -0.320 e. The van der Waals surface area contributed by atoms with Gasteiger partial charge in [0.25, 0.3) is 5.91 Å².